The van der Waals surface area contributed by atoms with Crippen molar-refractivity contribution in [3.63, 3.8) is 0 Å². The van der Waals surface area contributed by atoms with E-state index in [9.17, 15) is 12.8 Å². The van der Waals surface area contributed by atoms with Crippen LogP contribution in [-0.2, 0) is 19.3 Å². The molecule has 190 valence electrons. The quantitative estimate of drug-likeness (QED) is 0.534. The van der Waals surface area contributed by atoms with Gasteiger partial charge in [-0.3, -0.25) is 10.2 Å². The van der Waals surface area contributed by atoms with Gasteiger partial charge in [0.25, 0.3) is 0 Å². The van der Waals surface area contributed by atoms with Crippen LogP contribution in [-0.4, -0.2) is 87.4 Å². The Morgan fingerprint density at radius 2 is 1.88 bits per heavy atom. The fraction of sp³-hybridized carbons (Fsp3) is 0.750. The fourth-order valence-corrected chi connectivity index (χ4v) is 8.73. The summed E-state index contributed by atoms with van der Waals surface area (Å²) in [6, 6.07) is 6.80. The number of rotatable bonds is 5. The lowest BCUT2D eigenvalue weighted by atomic mass is 9.83. The van der Waals surface area contributed by atoms with E-state index in [1.807, 2.05) is 12.1 Å². The maximum absolute atomic E-state index is 13.9. The van der Waals surface area contributed by atoms with E-state index < -0.39 is 15.1 Å². The number of methoxy groups -OCH3 is 1. The van der Waals surface area contributed by atoms with Gasteiger partial charge in [-0.2, -0.15) is 0 Å². The molecular weight excluding hydrogens is 525 g/mol. The van der Waals surface area contributed by atoms with Crippen molar-refractivity contribution in [3.05, 3.63) is 35.6 Å². The first kappa shape index (κ1) is 25.0. The van der Waals surface area contributed by atoms with E-state index in [2.05, 4.69) is 31.5 Å². The summed E-state index contributed by atoms with van der Waals surface area (Å²) in [6.45, 7) is 2.57. The van der Waals surface area contributed by atoms with Crippen LogP contribution in [0.5, 0.6) is 0 Å². The van der Waals surface area contributed by atoms with Gasteiger partial charge < -0.3 is 14.8 Å². The summed E-state index contributed by atoms with van der Waals surface area (Å²) in [6.07, 6.45) is 3.83. The van der Waals surface area contributed by atoms with Crippen LogP contribution in [0.15, 0.2) is 24.3 Å². The number of hydrogen-bond acceptors (Lipinski definition) is 7. The molecule has 0 aromatic heterocycles. The van der Waals surface area contributed by atoms with Gasteiger partial charge in [0.1, 0.15) is 12.0 Å². The molecule has 4 fully saturated rings. The summed E-state index contributed by atoms with van der Waals surface area (Å²) in [5.74, 6) is 0.0125. The van der Waals surface area contributed by atoms with Gasteiger partial charge in [0.15, 0.2) is 9.84 Å². The van der Waals surface area contributed by atoms with Gasteiger partial charge in [-0.05, 0) is 42.9 Å². The Bertz CT molecular complexity index is 961. The summed E-state index contributed by atoms with van der Waals surface area (Å²) in [5, 5.41) is 6.56. The number of alkyl halides is 1. The predicted octanol–water partition coefficient (Wildman–Crippen LogP) is 2.08. The van der Waals surface area contributed by atoms with Gasteiger partial charge in [0.05, 0.1) is 5.25 Å². The van der Waals surface area contributed by atoms with Crippen LogP contribution < -0.4 is 10.6 Å². The zero-order valence-corrected chi connectivity index (χ0v) is 22.1. The SMILES string of the molecule is COC1NCC(S(C)(=O)=O)C2C1C1NCC(Br)CC1N2[C@H](c1ccc(F)cc1)C1CCOCC1. The highest BCUT2D eigenvalue weighted by molar-refractivity contribution is 9.09. The number of sulfone groups is 1. The van der Waals surface area contributed by atoms with E-state index in [0.29, 0.717) is 30.5 Å². The molecule has 7 unspecified atom stereocenters. The van der Waals surface area contributed by atoms with Crippen LogP contribution >= 0.6 is 15.9 Å². The molecule has 1 aromatic rings. The number of nitrogens with one attached hydrogen (secondary N) is 2. The number of fused-ring (bicyclic) bond motifs is 3. The monoisotopic (exact) mass is 559 g/mol. The van der Waals surface area contributed by atoms with E-state index >= 15 is 0 Å². The molecule has 10 heteroatoms. The number of likely N-dealkylation sites (tertiary alicyclic amines) is 1. The van der Waals surface area contributed by atoms with E-state index in [1.54, 1.807) is 7.11 Å². The first-order chi connectivity index (χ1) is 16.3. The van der Waals surface area contributed by atoms with Crippen LogP contribution in [0, 0.1) is 17.7 Å². The Morgan fingerprint density at radius 1 is 1.18 bits per heavy atom. The lowest BCUT2D eigenvalue weighted by molar-refractivity contribution is -0.0342. The molecule has 0 radical (unpaired) electrons. The summed E-state index contributed by atoms with van der Waals surface area (Å²) < 4.78 is 51.7. The second-order valence-corrected chi connectivity index (χ2v) is 13.8. The van der Waals surface area contributed by atoms with E-state index in [4.69, 9.17) is 9.47 Å². The van der Waals surface area contributed by atoms with Gasteiger partial charge >= 0.3 is 0 Å². The Balaban J connectivity index is 1.65. The Kier molecular flexibility index (Phi) is 7.39. The molecule has 0 saturated carbocycles. The van der Waals surface area contributed by atoms with Crippen molar-refractivity contribution in [2.75, 3.05) is 39.7 Å². The summed E-state index contributed by atoms with van der Waals surface area (Å²) >= 11 is 3.83. The van der Waals surface area contributed by atoms with Crippen molar-refractivity contribution in [2.24, 2.45) is 11.8 Å². The number of hydrogen-bond donors (Lipinski definition) is 2. The number of nitrogens with zero attached hydrogens (tertiary/aromatic N) is 1. The van der Waals surface area contributed by atoms with Gasteiger partial charge in [0.2, 0.25) is 0 Å². The third kappa shape index (κ3) is 4.60. The van der Waals surface area contributed by atoms with Gasteiger partial charge in [-0.15, -0.1) is 0 Å². The largest absolute Gasteiger partial charge is 0.381 e. The molecule has 2 N–H and O–H groups in total. The molecule has 0 amide bonds. The summed E-state index contributed by atoms with van der Waals surface area (Å²) in [4.78, 5) is 2.79. The smallest absolute Gasteiger partial charge is 0.153 e. The predicted molar refractivity (Wildman–Crippen MR) is 132 cm³/mol. The van der Waals surface area contributed by atoms with Crippen molar-refractivity contribution in [1.29, 1.82) is 0 Å². The molecule has 8 atom stereocenters. The summed E-state index contributed by atoms with van der Waals surface area (Å²) in [5.41, 5.74) is 1.05. The molecule has 4 aliphatic heterocycles. The van der Waals surface area contributed by atoms with Crippen LogP contribution in [0.3, 0.4) is 0 Å². The maximum Gasteiger partial charge on any atom is 0.153 e. The molecule has 4 aliphatic rings. The Morgan fingerprint density at radius 3 is 2.53 bits per heavy atom. The van der Waals surface area contributed by atoms with Crippen molar-refractivity contribution >= 4 is 25.8 Å². The molecule has 0 aliphatic carbocycles. The van der Waals surface area contributed by atoms with Gasteiger partial charge in [-0.25, -0.2) is 12.8 Å². The highest BCUT2D eigenvalue weighted by Gasteiger charge is 2.61. The minimum absolute atomic E-state index is 0.0218. The highest BCUT2D eigenvalue weighted by Crippen LogP contribution is 2.49. The van der Waals surface area contributed by atoms with Crippen molar-refractivity contribution in [2.45, 2.75) is 59.7 Å². The zero-order valence-electron chi connectivity index (χ0n) is 19.7. The average molecular weight is 561 g/mol. The molecule has 7 nitrogen and oxygen atoms in total. The fourth-order valence-electron chi connectivity index (χ4n) is 6.94. The first-order valence-electron chi connectivity index (χ1n) is 12.2. The number of ether oxygens (including phenoxy) is 2. The van der Waals surface area contributed by atoms with E-state index in [-0.39, 0.29) is 42.1 Å². The summed E-state index contributed by atoms with van der Waals surface area (Å²) in [7, 11) is -1.64. The lowest BCUT2D eigenvalue weighted by Gasteiger charge is -2.48. The first-order valence-corrected chi connectivity index (χ1v) is 15.1. The third-order valence-corrected chi connectivity index (χ3v) is 10.6. The molecule has 1 aromatic carbocycles. The molecule has 4 heterocycles. The Labute approximate surface area is 210 Å². The minimum atomic E-state index is -3.34. The van der Waals surface area contributed by atoms with Crippen LogP contribution in [0.1, 0.15) is 30.9 Å². The van der Waals surface area contributed by atoms with Gasteiger partial charge in [-0.1, -0.05) is 28.1 Å². The van der Waals surface area contributed by atoms with Crippen LogP contribution in [0.25, 0.3) is 0 Å². The number of benzene rings is 1. The molecule has 0 spiro atoms. The lowest BCUT2D eigenvalue weighted by Crippen LogP contribution is -2.63. The van der Waals surface area contributed by atoms with Crippen LogP contribution in [0.2, 0.25) is 0 Å². The highest BCUT2D eigenvalue weighted by atomic mass is 79.9. The van der Waals surface area contributed by atoms with Crippen molar-refractivity contribution < 1.29 is 22.3 Å². The average Bonchev–Trinajstić information content (AvgIpc) is 3.14. The Hall–Kier alpha value is -0.620. The standard InChI is InChI=1S/C24H35BrFN3O4S/c1-32-24-20-21-18(11-16(25)12-27-21)29(23(20)19(13-28-24)34(2,30)31)22(15-7-9-33-10-8-15)14-3-5-17(26)6-4-14/h3-6,15-16,18-24,27-28H,7-13H2,1-2H3/t16?,18?,19?,20?,21?,22-,23?,24?/m1/s1. The van der Waals surface area contributed by atoms with Crippen LogP contribution in [0.4, 0.5) is 4.39 Å². The molecule has 34 heavy (non-hydrogen) atoms. The molecule has 4 saturated heterocycles. The maximum atomic E-state index is 13.9. The topological polar surface area (TPSA) is 79.9 Å². The van der Waals surface area contributed by atoms with E-state index in [0.717, 1.165) is 31.4 Å². The van der Waals surface area contributed by atoms with E-state index in [1.165, 1.54) is 18.4 Å². The second-order valence-electron chi connectivity index (χ2n) is 10.2. The van der Waals surface area contributed by atoms with Crippen molar-refractivity contribution in [1.82, 2.24) is 15.5 Å². The third-order valence-electron chi connectivity index (χ3n) is 8.32. The number of piperidine rings is 2. The molecular formula is C24H35BrFN3O4S. The molecule has 5 rings (SSSR count). The second kappa shape index (κ2) is 10.0. The minimum Gasteiger partial charge on any atom is -0.381 e. The molecule has 0 bridgehead atoms. The van der Waals surface area contributed by atoms with Gasteiger partial charge in [0, 0.05) is 74.6 Å². The zero-order chi connectivity index (χ0) is 24.0. The number of halogens is 2. The van der Waals surface area contributed by atoms with Crippen molar-refractivity contribution in [3.8, 4) is 0 Å². The normalized spacial score (nSPS) is 38.3.